The van der Waals surface area contributed by atoms with Crippen molar-refractivity contribution in [3.63, 3.8) is 0 Å². The minimum atomic E-state index is 0.785. The zero-order valence-corrected chi connectivity index (χ0v) is 13.9. The van der Waals surface area contributed by atoms with E-state index in [-0.39, 0.29) is 0 Å². The van der Waals surface area contributed by atoms with E-state index in [2.05, 4.69) is 35.1 Å². The van der Waals surface area contributed by atoms with Crippen molar-refractivity contribution in [1.29, 1.82) is 0 Å². The van der Waals surface area contributed by atoms with Crippen LogP contribution in [-0.4, -0.2) is 50.8 Å². The molecular weight excluding hydrogens is 262 g/mol. The summed E-state index contributed by atoms with van der Waals surface area (Å²) in [6.45, 7) is 9.58. The molecule has 4 heteroatoms. The fourth-order valence-electron chi connectivity index (χ4n) is 3.34. The van der Waals surface area contributed by atoms with Gasteiger partial charge in [0.2, 0.25) is 0 Å². The van der Waals surface area contributed by atoms with Gasteiger partial charge in [0.05, 0.1) is 13.2 Å². The summed E-state index contributed by atoms with van der Waals surface area (Å²) in [5, 5.41) is 3.53. The molecule has 2 rings (SSSR count). The maximum absolute atomic E-state index is 5.34. The maximum atomic E-state index is 5.34. The van der Waals surface area contributed by atoms with Crippen LogP contribution in [0.25, 0.3) is 0 Å². The van der Waals surface area contributed by atoms with E-state index >= 15 is 0 Å². The molecule has 0 saturated carbocycles. The molecule has 0 unspecified atom stereocenters. The number of likely N-dealkylation sites (tertiary alicyclic amines) is 1. The molecule has 2 aliphatic heterocycles. The largest absolute Gasteiger partial charge is 0.377 e. The summed E-state index contributed by atoms with van der Waals surface area (Å²) in [6, 6.07) is 0. The Labute approximate surface area is 129 Å². The first-order chi connectivity index (χ1) is 10.2. The van der Waals surface area contributed by atoms with Gasteiger partial charge in [-0.25, -0.2) is 0 Å². The molecule has 1 saturated heterocycles. The molecule has 0 aliphatic carbocycles. The number of rotatable bonds is 5. The van der Waals surface area contributed by atoms with Crippen LogP contribution in [0, 0.1) is 11.8 Å². The molecule has 1 atom stereocenters. The normalized spacial score (nSPS) is 23.6. The average Bonchev–Trinajstić information content (AvgIpc) is 2.92. The summed E-state index contributed by atoms with van der Waals surface area (Å²) in [4.78, 5) is 6.88. The summed E-state index contributed by atoms with van der Waals surface area (Å²) >= 11 is 0. The Morgan fingerprint density at radius 3 is 3.05 bits per heavy atom. The molecular formula is C17H31N3O. The minimum absolute atomic E-state index is 0.785. The van der Waals surface area contributed by atoms with Gasteiger partial charge in [0, 0.05) is 26.7 Å². The number of nitrogens with one attached hydrogen (secondary N) is 1. The summed E-state index contributed by atoms with van der Waals surface area (Å²) in [5.41, 5.74) is 1.52. The lowest BCUT2D eigenvalue weighted by Crippen LogP contribution is -2.40. The monoisotopic (exact) mass is 293 g/mol. The van der Waals surface area contributed by atoms with Gasteiger partial charge < -0.3 is 15.0 Å². The molecule has 4 nitrogen and oxygen atoms in total. The first-order valence-corrected chi connectivity index (χ1v) is 8.40. The Balaban J connectivity index is 1.72. The zero-order chi connectivity index (χ0) is 15.1. The lowest BCUT2D eigenvalue weighted by Gasteiger charge is -2.22. The van der Waals surface area contributed by atoms with Gasteiger partial charge in [0.1, 0.15) is 0 Å². The van der Waals surface area contributed by atoms with Crippen LogP contribution in [0.1, 0.15) is 39.5 Å². The predicted molar refractivity (Wildman–Crippen MR) is 88.6 cm³/mol. The summed E-state index contributed by atoms with van der Waals surface area (Å²) < 4.78 is 5.34. The Hall–Kier alpha value is -1.03. The Kier molecular flexibility index (Phi) is 6.55. The van der Waals surface area contributed by atoms with E-state index in [1.165, 1.54) is 18.4 Å². The van der Waals surface area contributed by atoms with Crippen LogP contribution in [0.4, 0.5) is 0 Å². The van der Waals surface area contributed by atoms with Gasteiger partial charge in [0.25, 0.3) is 0 Å². The van der Waals surface area contributed by atoms with E-state index < -0.39 is 0 Å². The number of hydrogen-bond acceptors (Lipinski definition) is 2. The van der Waals surface area contributed by atoms with Crippen molar-refractivity contribution in [2.45, 2.75) is 39.5 Å². The highest BCUT2D eigenvalue weighted by Crippen LogP contribution is 2.23. The van der Waals surface area contributed by atoms with Crippen LogP contribution in [0.2, 0.25) is 0 Å². The van der Waals surface area contributed by atoms with Crippen molar-refractivity contribution in [3.8, 4) is 0 Å². The molecule has 0 amide bonds. The van der Waals surface area contributed by atoms with Gasteiger partial charge in [-0.3, -0.25) is 4.99 Å². The third-order valence-corrected chi connectivity index (χ3v) is 4.39. The van der Waals surface area contributed by atoms with Crippen molar-refractivity contribution in [1.82, 2.24) is 10.2 Å². The van der Waals surface area contributed by atoms with Crippen LogP contribution >= 0.6 is 0 Å². The van der Waals surface area contributed by atoms with Crippen molar-refractivity contribution in [3.05, 3.63) is 11.6 Å². The predicted octanol–water partition coefficient (Wildman–Crippen LogP) is 2.67. The first-order valence-electron chi connectivity index (χ1n) is 8.40. The van der Waals surface area contributed by atoms with Gasteiger partial charge >= 0.3 is 0 Å². The van der Waals surface area contributed by atoms with E-state index in [0.717, 1.165) is 63.5 Å². The van der Waals surface area contributed by atoms with Gasteiger partial charge in [-0.05, 0) is 37.5 Å². The fourth-order valence-corrected chi connectivity index (χ4v) is 3.34. The molecule has 0 radical (unpaired) electrons. The number of nitrogens with zero attached hydrogens (tertiary/aromatic N) is 2. The standard InChI is InChI=1S/C17H31N3O/c1-14(2)12-16-5-9-20(13-16)17(18-3)19-8-4-15-6-10-21-11-7-15/h6,14,16H,4-5,7-13H2,1-3H3,(H,18,19)/t16-/m0/s1. The third-order valence-electron chi connectivity index (χ3n) is 4.39. The highest BCUT2D eigenvalue weighted by Gasteiger charge is 2.25. The van der Waals surface area contributed by atoms with Gasteiger partial charge in [-0.1, -0.05) is 25.5 Å². The lowest BCUT2D eigenvalue weighted by atomic mass is 9.97. The van der Waals surface area contributed by atoms with Crippen LogP contribution in [0.15, 0.2) is 16.6 Å². The minimum Gasteiger partial charge on any atom is -0.377 e. The van der Waals surface area contributed by atoms with Crippen LogP contribution in [-0.2, 0) is 4.74 Å². The maximum Gasteiger partial charge on any atom is 0.193 e. The van der Waals surface area contributed by atoms with E-state index in [1.807, 2.05) is 7.05 Å². The quantitative estimate of drug-likeness (QED) is 0.481. The van der Waals surface area contributed by atoms with Crippen LogP contribution in [0.3, 0.4) is 0 Å². The summed E-state index contributed by atoms with van der Waals surface area (Å²) in [7, 11) is 1.89. The SMILES string of the molecule is CN=C(NCCC1=CCOCC1)N1CC[C@@H](CC(C)C)C1. The van der Waals surface area contributed by atoms with Gasteiger partial charge in [0.15, 0.2) is 5.96 Å². The summed E-state index contributed by atoms with van der Waals surface area (Å²) in [5.74, 6) is 2.71. The Morgan fingerprint density at radius 1 is 1.52 bits per heavy atom. The number of aliphatic imine (C=N–C) groups is 1. The third kappa shape index (κ3) is 5.34. The molecule has 21 heavy (non-hydrogen) atoms. The van der Waals surface area contributed by atoms with Crippen molar-refractivity contribution >= 4 is 5.96 Å². The van der Waals surface area contributed by atoms with Crippen molar-refractivity contribution < 1.29 is 4.74 Å². The van der Waals surface area contributed by atoms with E-state index in [1.54, 1.807) is 0 Å². The zero-order valence-electron chi connectivity index (χ0n) is 13.9. The van der Waals surface area contributed by atoms with Crippen molar-refractivity contribution in [2.24, 2.45) is 16.8 Å². The second-order valence-electron chi connectivity index (χ2n) is 6.64. The molecule has 2 aliphatic rings. The van der Waals surface area contributed by atoms with Gasteiger partial charge in [-0.15, -0.1) is 0 Å². The molecule has 1 N–H and O–H groups in total. The summed E-state index contributed by atoms with van der Waals surface area (Å²) in [6.07, 6.45) is 7.05. The Bertz CT molecular complexity index is 376. The van der Waals surface area contributed by atoms with Gasteiger partial charge in [-0.2, -0.15) is 0 Å². The highest BCUT2D eigenvalue weighted by atomic mass is 16.5. The van der Waals surface area contributed by atoms with Crippen molar-refractivity contribution in [2.75, 3.05) is 39.9 Å². The smallest absolute Gasteiger partial charge is 0.193 e. The lowest BCUT2D eigenvalue weighted by molar-refractivity contribution is 0.153. The molecule has 2 heterocycles. The number of hydrogen-bond donors (Lipinski definition) is 1. The Morgan fingerprint density at radius 2 is 2.38 bits per heavy atom. The number of ether oxygens (including phenoxy) is 1. The number of guanidine groups is 1. The topological polar surface area (TPSA) is 36.9 Å². The molecule has 120 valence electrons. The molecule has 0 aromatic heterocycles. The van der Waals surface area contributed by atoms with Crippen LogP contribution in [0.5, 0.6) is 0 Å². The molecule has 0 aromatic carbocycles. The first kappa shape index (κ1) is 16.3. The fraction of sp³-hybridized carbons (Fsp3) is 0.824. The van der Waals surface area contributed by atoms with E-state index in [4.69, 9.17) is 4.74 Å². The second-order valence-corrected chi connectivity index (χ2v) is 6.64. The molecule has 1 fully saturated rings. The molecule has 0 aromatic rings. The average molecular weight is 293 g/mol. The molecule has 0 spiro atoms. The van der Waals surface area contributed by atoms with Crippen LogP contribution < -0.4 is 5.32 Å². The highest BCUT2D eigenvalue weighted by molar-refractivity contribution is 5.80. The van der Waals surface area contributed by atoms with E-state index in [9.17, 15) is 0 Å². The molecule has 0 bridgehead atoms. The second kappa shape index (κ2) is 8.42. The van der Waals surface area contributed by atoms with E-state index in [0.29, 0.717) is 0 Å².